The van der Waals surface area contributed by atoms with Gasteiger partial charge in [-0.3, -0.25) is 4.79 Å². The molecule has 78 valence electrons. The average molecular weight is 197 g/mol. The van der Waals surface area contributed by atoms with E-state index in [0.717, 1.165) is 5.69 Å². The molecule has 0 saturated heterocycles. The second kappa shape index (κ2) is 3.82. The standard InChI is InChI=1S/C10H15NO3/c1-5(2)8(10(12)13)9-11-6(3)7(4)14-9/h5,8H,1-4H3,(H,12,13). The highest BCUT2D eigenvalue weighted by atomic mass is 16.4. The quantitative estimate of drug-likeness (QED) is 0.806. The van der Waals surface area contributed by atoms with Crippen molar-refractivity contribution in [3.8, 4) is 0 Å². The molecule has 14 heavy (non-hydrogen) atoms. The zero-order chi connectivity index (χ0) is 10.9. The van der Waals surface area contributed by atoms with Crippen LogP contribution in [0.5, 0.6) is 0 Å². The molecular formula is C10H15NO3. The first-order chi connectivity index (χ1) is 6.43. The summed E-state index contributed by atoms with van der Waals surface area (Å²) >= 11 is 0. The van der Waals surface area contributed by atoms with Crippen molar-refractivity contribution in [3.63, 3.8) is 0 Å². The highest BCUT2D eigenvalue weighted by Crippen LogP contribution is 2.25. The number of hydrogen-bond acceptors (Lipinski definition) is 3. The molecule has 0 aliphatic heterocycles. The number of aliphatic carboxylic acids is 1. The summed E-state index contributed by atoms with van der Waals surface area (Å²) in [5.74, 6) is -0.567. The molecule has 0 spiro atoms. The number of carboxylic acid groups (broad SMARTS) is 1. The minimum Gasteiger partial charge on any atom is -0.481 e. The maximum absolute atomic E-state index is 11.0. The van der Waals surface area contributed by atoms with E-state index in [1.54, 1.807) is 6.92 Å². The van der Waals surface area contributed by atoms with Crippen LogP contribution in [0.25, 0.3) is 0 Å². The van der Waals surface area contributed by atoms with Gasteiger partial charge in [0.25, 0.3) is 0 Å². The van der Waals surface area contributed by atoms with Gasteiger partial charge in [-0.15, -0.1) is 0 Å². The maximum Gasteiger partial charge on any atom is 0.316 e. The number of nitrogens with zero attached hydrogens (tertiary/aromatic N) is 1. The van der Waals surface area contributed by atoms with Gasteiger partial charge >= 0.3 is 5.97 Å². The summed E-state index contributed by atoms with van der Waals surface area (Å²) in [4.78, 5) is 15.1. The third-order valence-electron chi connectivity index (χ3n) is 2.24. The molecule has 1 aromatic heterocycles. The van der Waals surface area contributed by atoms with E-state index < -0.39 is 11.9 Å². The third-order valence-corrected chi connectivity index (χ3v) is 2.24. The lowest BCUT2D eigenvalue weighted by atomic mass is 9.96. The Balaban J connectivity index is 3.05. The molecule has 0 radical (unpaired) electrons. The van der Waals surface area contributed by atoms with E-state index in [1.165, 1.54) is 0 Å². The van der Waals surface area contributed by atoms with Crippen molar-refractivity contribution in [3.05, 3.63) is 17.3 Å². The Morgan fingerprint density at radius 3 is 2.29 bits per heavy atom. The van der Waals surface area contributed by atoms with Crippen LogP contribution in [0.2, 0.25) is 0 Å². The van der Waals surface area contributed by atoms with E-state index in [2.05, 4.69) is 4.98 Å². The van der Waals surface area contributed by atoms with E-state index >= 15 is 0 Å². The van der Waals surface area contributed by atoms with Crippen LogP contribution in [0.15, 0.2) is 4.42 Å². The van der Waals surface area contributed by atoms with Crippen LogP contribution in [0.4, 0.5) is 0 Å². The largest absolute Gasteiger partial charge is 0.481 e. The van der Waals surface area contributed by atoms with Crippen molar-refractivity contribution in [1.82, 2.24) is 4.98 Å². The fourth-order valence-corrected chi connectivity index (χ4v) is 1.31. The molecule has 0 fully saturated rings. The summed E-state index contributed by atoms with van der Waals surface area (Å²) in [5, 5.41) is 9.00. The van der Waals surface area contributed by atoms with Crippen LogP contribution < -0.4 is 0 Å². The number of aromatic nitrogens is 1. The average Bonchev–Trinajstić information content (AvgIpc) is 2.29. The Kier molecular flexibility index (Phi) is 2.93. The summed E-state index contributed by atoms with van der Waals surface area (Å²) in [6, 6.07) is 0. The number of carbonyl (C=O) groups is 1. The lowest BCUT2D eigenvalue weighted by Crippen LogP contribution is -2.17. The molecule has 0 aliphatic carbocycles. The van der Waals surface area contributed by atoms with Crippen molar-refractivity contribution < 1.29 is 14.3 Å². The predicted molar refractivity (Wildman–Crippen MR) is 51.2 cm³/mol. The lowest BCUT2D eigenvalue weighted by Gasteiger charge is -2.11. The van der Waals surface area contributed by atoms with Crippen LogP contribution >= 0.6 is 0 Å². The second-order valence-electron chi connectivity index (χ2n) is 3.75. The van der Waals surface area contributed by atoms with Gasteiger partial charge in [0.05, 0.1) is 5.69 Å². The highest BCUT2D eigenvalue weighted by Gasteiger charge is 2.28. The van der Waals surface area contributed by atoms with E-state index in [9.17, 15) is 4.79 Å². The summed E-state index contributed by atoms with van der Waals surface area (Å²) in [7, 11) is 0. The van der Waals surface area contributed by atoms with E-state index in [1.807, 2.05) is 20.8 Å². The van der Waals surface area contributed by atoms with E-state index in [4.69, 9.17) is 9.52 Å². The summed E-state index contributed by atoms with van der Waals surface area (Å²) in [6.45, 7) is 7.27. The molecule has 1 rings (SSSR count). The van der Waals surface area contributed by atoms with Gasteiger partial charge in [0, 0.05) is 0 Å². The smallest absolute Gasteiger partial charge is 0.316 e. The van der Waals surface area contributed by atoms with Crippen LogP contribution in [0.1, 0.15) is 37.1 Å². The van der Waals surface area contributed by atoms with Gasteiger partial charge in [-0.05, 0) is 19.8 Å². The number of aryl methyl sites for hydroxylation is 2. The van der Waals surface area contributed by atoms with Gasteiger partial charge in [0.15, 0.2) is 0 Å². The van der Waals surface area contributed by atoms with Crippen molar-refractivity contribution >= 4 is 5.97 Å². The molecular weight excluding hydrogens is 182 g/mol. The molecule has 4 heteroatoms. The zero-order valence-electron chi connectivity index (χ0n) is 8.87. The molecule has 1 aromatic rings. The number of rotatable bonds is 3. The summed E-state index contributed by atoms with van der Waals surface area (Å²) < 4.78 is 5.31. The van der Waals surface area contributed by atoms with Crippen LogP contribution in [-0.4, -0.2) is 16.1 Å². The van der Waals surface area contributed by atoms with Crippen molar-refractivity contribution in [2.24, 2.45) is 5.92 Å². The zero-order valence-corrected chi connectivity index (χ0v) is 8.87. The maximum atomic E-state index is 11.0. The summed E-state index contributed by atoms with van der Waals surface area (Å²) in [6.07, 6.45) is 0. The molecule has 0 aromatic carbocycles. The molecule has 0 saturated carbocycles. The molecule has 0 aliphatic rings. The first kappa shape index (κ1) is 10.8. The Hall–Kier alpha value is -1.32. The van der Waals surface area contributed by atoms with E-state index in [0.29, 0.717) is 11.7 Å². The Morgan fingerprint density at radius 1 is 1.43 bits per heavy atom. The first-order valence-electron chi connectivity index (χ1n) is 4.60. The molecule has 0 bridgehead atoms. The van der Waals surface area contributed by atoms with Crippen LogP contribution in [-0.2, 0) is 4.79 Å². The minimum absolute atomic E-state index is 0.0232. The van der Waals surface area contributed by atoms with Gasteiger partial charge in [0.1, 0.15) is 11.7 Å². The molecule has 1 unspecified atom stereocenters. The van der Waals surface area contributed by atoms with Crippen molar-refractivity contribution in [2.75, 3.05) is 0 Å². The fourth-order valence-electron chi connectivity index (χ4n) is 1.31. The SMILES string of the molecule is Cc1nc(C(C(=O)O)C(C)C)oc1C. The van der Waals surface area contributed by atoms with Gasteiger partial charge in [-0.25, -0.2) is 4.98 Å². The second-order valence-corrected chi connectivity index (χ2v) is 3.75. The first-order valence-corrected chi connectivity index (χ1v) is 4.60. The predicted octanol–water partition coefficient (Wildman–Crippen LogP) is 2.12. The molecule has 4 nitrogen and oxygen atoms in total. The van der Waals surface area contributed by atoms with Gasteiger partial charge < -0.3 is 9.52 Å². The molecule has 0 amide bonds. The molecule has 1 N–H and O–H groups in total. The van der Waals surface area contributed by atoms with E-state index in [-0.39, 0.29) is 5.92 Å². The Bertz CT molecular complexity index is 322. The minimum atomic E-state index is -0.888. The summed E-state index contributed by atoms with van der Waals surface area (Å²) in [5.41, 5.74) is 0.756. The normalized spacial score (nSPS) is 13.2. The van der Waals surface area contributed by atoms with Crippen LogP contribution in [0.3, 0.4) is 0 Å². The topological polar surface area (TPSA) is 63.3 Å². The van der Waals surface area contributed by atoms with Crippen molar-refractivity contribution in [1.29, 1.82) is 0 Å². The van der Waals surface area contributed by atoms with Crippen molar-refractivity contribution in [2.45, 2.75) is 33.6 Å². The Labute approximate surface area is 83.0 Å². The molecule has 1 heterocycles. The van der Waals surface area contributed by atoms with Gasteiger partial charge in [0.2, 0.25) is 5.89 Å². The highest BCUT2D eigenvalue weighted by molar-refractivity contribution is 5.74. The van der Waals surface area contributed by atoms with Gasteiger partial charge in [-0.1, -0.05) is 13.8 Å². The van der Waals surface area contributed by atoms with Crippen LogP contribution in [0, 0.1) is 19.8 Å². The number of hydrogen-bond donors (Lipinski definition) is 1. The monoisotopic (exact) mass is 197 g/mol. The number of carboxylic acids is 1. The fraction of sp³-hybridized carbons (Fsp3) is 0.600. The third kappa shape index (κ3) is 1.95. The lowest BCUT2D eigenvalue weighted by molar-refractivity contribution is -0.140. The van der Waals surface area contributed by atoms with Gasteiger partial charge in [-0.2, -0.15) is 0 Å². The number of oxazole rings is 1. The molecule has 1 atom stereocenters. The Morgan fingerprint density at radius 2 is 2.00 bits per heavy atom.